The van der Waals surface area contributed by atoms with Crippen molar-refractivity contribution in [1.29, 1.82) is 0 Å². The Morgan fingerprint density at radius 3 is 3.11 bits per heavy atom. The van der Waals surface area contributed by atoms with Gasteiger partial charge in [-0.05, 0) is 18.6 Å². The van der Waals surface area contributed by atoms with Crippen molar-refractivity contribution < 1.29 is 4.79 Å². The summed E-state index contributed by atoms with van der Waals surface area (Å²) >= 11 is 5.79. The van der Waals surface area contributed by atoms with Crippen molar-refractivity contribution in [2.45, 2.75) is 19.8 Å². The summed E-state index contributed by atoms with van der Waals surface area (Å²) in [6.07, 6.45) is 3.21. The van der Waals surface area contributed by atoms with Crippen LogP contribution in [0.25, 0.3) is 0 Å². The Balaban J connectivity index is 2.07. The normalized spacial score (nSPS) is 10.3. The van der Waals surface area contributed by atoms with Gasteiger partial charge in [0.15, 0.2) is 0 Å². The van der Waals surface area contributed by atoms with Crippen LogP contribution in [0.2, 0.25) is 5.02 Å². The lowest BCUT2D eigenvalue weighted by atomic mass is 10.3. The molecule has 7 heteroatoms. The van der Waals surface area contributed by atoms with Gasteiger partial charge in [0.05, 0.1) is 0 Å². The number of nitrogens with one attached hydrogen (secondary N) is 2. The second-order valence-electron chi connectivity index (χ2n) is 3.67. The highest BCUT2D eigenvalue weighted by atomic mass is 35.5. The molecular formula is C11H12ClN5O. The van der Waals surface area contributed by atoms with E-state index in [0.29, 0.717) is 16.7 Å². The fraction of sp³-hybridized carbons (Fsp3) is 0.273. The highest BCUT2D eigenvalue weighted by Crippen LogP contribution is 2.12. The number of anilines is 1. The number of aromatic amines is 1. The molecule has 0 spiro atoms. The molecule has 18 heavy (non-hydrogen) atoms. The van der Waals surface area contributed by atoms with Crippen LogP contribution >= 0.6 is 11.6 Å². The van der Waals surface area contributed by atoms with Gasteiger partial charge in [0.2, 0.25) is 5.82 Å². The van der Waals surface area contributed by atoms with Crippen molar-refractivity contribution in [1.82, 2.24) is 20.2 Å². The van der Waals surface area contributed by atoms with Crippen LogP contribution < -0.4 is 5.32 Å². The molecule has 0 radical (unpaired) electrons. The lowest BCUT2D eigenvalue weighted by Gasteiger charge is -2.00. The quantitative estimate of drug-likeness (QED) is 0.886. The molecule has 0 bridgehead atoms. The number of amides is 1. The Labute approximate surface area is 109 Å². The molecule has 0 unspecified atom stereocenters. The number of hydrogen-bond acceptors (Lipinski definition) is 4. The maximum absolute atomic E-state index is 11.8. The molecule has 2 rings (SSSR count). The Kier molecular flexibility index (Phi) is 3.88. The predicted octanol–water partition coefficient (Wildman–Crippen LogP) is 2.06. The van der Waals surface area contributed by atoms with Crippen molar-refractivity contribution in [3.8, 4) is 0 Å². The van der Waals surface area contributed by atoms with Crippen LogP contribution in [0, 0.1) is 0 Å². The van der Waals surface area contributed by atoms with Gasteiger partial charge in [-0.3, -0.25) is 9.89 Å². The third-order valence-corrected chi connectivity index (χ3v) is 2.42. The van der Waals surface area contributed by atoms with Gasteiger partial charge < -0.3 is 5.32 Å². The molecule has 0 aromatic carbocycles. The van der Waals surface area contributed by atoms with E-state index in [-0.39, 0.29) is 5.82 Å². The second-order valence-corrected chi connectivity index (χ2v) is 4.11. The highest BCUT2D eigenvalue weighted by molar-refractivity contribution is 6.30. The first kappa shape index (κ1) is 12.5. The number of carbonyl (C=O) groups is 1. The zero-order valence-corrected chi connectivity index (χ0v) is 10.5. The molecule has 0 atom stereocenters. The zero-order chi connectivity index (χ0) is 13.0. The van der Waals surface area contributed by atoms with Gasteiger partial charge in [-0.1, -0.05) is 18.5 Å². The van der Waals surface area contributed by atoms with Gasteiger partial charge in [0.25, 0.3) is 5.91 Å². The van der Waals surface area contributed by atoms with E-state index in [2.05, 4.69) is 25.5 Å². The molecule has 2 heterocycles. The number of pyridine rings is 1. The van der Waals surface area contributed by atoms with Gasteiger partial charge in [0.1, 0.15) is 11.6 Å². The van der Waals surface area contributed by atoms with E-state index in [0.717, 1.165) is 12.8 Å². The Bertz CT molecular complexity index is 554. The number of rotatable bonds is 4. The predicted molar refractivity (Wildman–Crippen MR) is 67.6 cm³/mol. The van der Waals surface area contributed by atoms with Gasteiger partial charge in [-0.25, -0.2) is 9.97 Å². The summed E-state index contributed by atoms with van der Waals surface area (Å²) in [5.74, 6) is 0.750. The van der Waals surface area contributed by atoms with Crippen molar-refractivity contribution in [3.05, 3.63) is 35.0 Å². The topological polar surface area (TPSA) is 83.6 Å². The van der Waals surface area contributed by atoms with Gasteiger partial charge in [0, 0.05) is 17.6 Å². The van der Waals surface area contributed by atoms with Crippen LogP contribution in [0.3, 0.4) is 0 Å². The van der Waals surface area contributed by atoms with E-state index >= 15 is 0 Å². The lowest BCUT2D eigenvalue weighted by molar-refractivity contribution is 0.101. The minimum atomic E-state index is -0.414. The number of H-pyrrole nitrogens is 1. The molecule has 0 aliphatic heterocycles. The largest absolute Gasteiger partial charge is 0.304 e. The molecule has 0 saturated carbocycles. The second kappa shape index (κ2) is 5.59. The van der Waals surface area contributed by atoms with Crippen molar-refractivity contribution in [3.63, 3.8) is 0 Å². The third-order valence-electron chi connectivity index (χ3n) is 2.19. The van der Waals surface area contributed by atoms with E-state index in [1.165, 1.54) is 6.20 Å². The van der Waals surface area contributed by atoms with E-state index in [1.807, 2.05) is 6.92 Å². The Morgan fingerprint density at radius 2 is 2.39 bits per heavy atom. The standard InChI is InChI=1S/C11H12ClN5O/c1-2-3-8-14-10(17-16-8)11(18)15-9-6-7(12)4-5-13-9/h4-6H,2-3H2,1H3,(H,13,15,18)(H,14,16,17). The number of nitrogens with zero attached hydrogens (tertiary/aromatic N) is 3. The molecule has 2 aromatic heterocycles. The number of carbonyl (C=O) groups excluding carboxylic acids is 1. The Morgan fingerprint density at radius 1 is 1.56 bits per heavy atom. The van der Waals surface area contributed by atoms with Crippen LogP contribution in [-0.4, -0.2) is 26.1 Å². The first-order chi connectivity index (χ1) is 8.69. The minimum absolute atomic E-state index is 0.0974. The fourth-order valence-corrected chi connectivity index (χ4v) is 1.55. The highest BCUT2D eigenvalue weighted by Gasteiger charge is 2.12. The molecule has 0 saturated heterocycles. The average Bonchev–Trinajstić information content (AvgIpc) is 2.78. The van der Waals surface area contributed by atoms with Crippen molar-refractivity contribution >= 4 is 23.3 Å². The summed E-state index contributed by atoms with van der Waals surface area (Å²) in [6, 6.07) is 3.18. The smallest absolute Gasteiger partial charge is 0.296 e. The number of hydrogen-bond donors (Lipinski definition) is 2. The molecule has 0 fully saturated rings. The summed E-state index contributed by atoms with van der Waals surface area (Å²) in [5, 5.41) is 9.64. The number of aryl methyl sites for hydroxylation is 1. The molecule has 0 aliphatic carbocycles. The molecule has 1 amide bonds. The van der Waals surface area contributed by atoms with E-state index in [1.54, 1.807) is 12.1 Å². The van der Waals surface area contributed by atoms with Gasteiger partial charge in [-0.2, -0.15) is 0 Å². The summed E-state index contributed by atoms with van der Waals surface area (Å²) in [7, 11) is 0. The van der Waals surface area contributed by atoms with Crippen molar-refractivity contribution in [2.24, 2.45) is 0 Å². The monoisotopic (exact) mass is 265 g/mol. The Hall–Kier alpha value is -1.95. The van der Waals surface area contributed by atoms with Crippen LogP contribution in [0.15, 0.2) is 18.3 Å². The van der Waals surface area contributed by atoms with Crippen LogP contribution in [0.4, 0.5) is 5.82 Å². The van der Waals surface area contributed by atoms with Crippen LogP contribution in [0.1, 0.15) is 29.8 Å². The fourth-order valence-electron chi connectivity index (χ4n) is 1.39. The SMILES string of the molecule is CCCc1nc(C(=O)Nc2cc(Cl)ccn2)n[nH]1. The van der Waals surface area contributed by atoms with E-state index in [9.17, 15) is 4.79 Å². The van der Waals surface area contributed by atoms with Crippen LogP contribution in [-0.2, 0) is 6.42 Å². The molecule has 0 aliphatic rings. The van der Waals surface area contributed by atoms with Gasteiger partial charge >= 0.3 is 0 Å². The average molecular weight is 266 g/mol. The summed E-state index contributed by atoms with van der Waals surface area (Å²) < 4.78 is 0. The van der Waals surface area contributed by atoms with Gasteiger partial charge in [-0.15, -0.1) is 5.10 Å². The number of halogens is 1. The van der Waals surface area contributed by atoms with E-state index in [4.69, 9.17) is 11.6 Å². The molecule has 2 N–H and O–H groups in total. The summed E-state index contributed by atoms with van der Waals surface area (Å²) in [4.78, 5) is 19.8. The molecule has 94 valence electrons. The minimum Gasteiger partial charge on any atom is -0.304 e. The first-order valence-corrected chi connectivity index (χ1v) is 5.91. The lowest BCUT2D eigenvalue weighted by Crippen LogP contribution is -2.14. The zero-order valence-electron chi connectivity index (χ0n) is 9.77. The van der Waals surface area contributed by atoms with Crippen molar-refractivity contribution in [2.75, 3.05) is 5.32 Å². The summed E-state index contributed by atoms with van der Waals surface area (Å²) in [6.45, 7) is 2.03. The molecular weight excluding hydrogens is 254 g/mol. The first-order valence-electron chi connectivity index (χ1n) is 5.53. The number of aromatic nitrogens is 4. The maximum Gasteiger partial charge on any atom is 0.296 e. The summed E-state index contributed by atoms with van der Waals surface area (Å²) in [5.41, 5.74) is 0. The van der Waals surface area contributed by atoms with E-state index < -0.39 is 5.91 Å². The molecule has 6 nitrogen and oxygen atoms in total. The van der Waals surface area contributed by atoms with Crippen LogP contribution in [0.5, 0.6) is 0 Å². The maximum atomic E-state index is 11.8. The third kappa shape index (κ3) is 3.04. The molecule has 2 aromatic rings.